The third-order valence-corrected chi connectivity index (χ3v) is 2.49. The van der Waals surface area contributed by atoms with Crippen LogP contribution in [0.1, 0.15) is 29.1 Å². The van der Waals surface area contributed by atoms with Gasteiger partial charge in [0.05, 0.1) is 0 Å². The van der Waals surface area contributed by atoms with Crippen molar-refractivity contribution in [1.29, 1.82) is 0 Å². The second kappa shape index (κ2) is 2.97. The van der Waals surface area contributed by atoms with Gasteiger partial charge in [-0.1, -0.05) is 6.92 Å². The van der Waals surface area contributed by atoms with Gasteiger partial charge in [-0.15, -0.1) is 11.3 Å². The summed E-state index contributed by atoms with van der Waals surface area (Å²) >= 11 is 1.66. The van der Waals surface area contributed by atoms with Crippen molar-refractivity contribution in [2.75, 3.05) is 0 Å². The molecular formula is C8H10OS. The predicted molar refractivity (Wildman–Crippen MR) is 43.7 cm³/mol. The van der Waals surface area contributed by atoms with E-state index < -0.39 is 0 Å². The summed E-state index contributed by atoms with van der Waals surface area (Å²) < 4.78 is 0. The molecule has 0 aliphatic rings. The fraction of sp³-hybridized carbons (Fsp3) is 0.375. The summed E-state index contributed by atoms with van der Waals surface area (Å²) in [5.74, 6) is 0.163. The second-order valence-corrected chi connectivity index (χ2v) is 3.21. The highest BCUT2D eigenvalue weighted by Gasteiger charge is 2.00. The molecule has 0 atom stereocenters. The van der Waals surface area contributed by atoms with Crippen molar-refractivity contribution in [2.24, 2.45) is 0 Å². The Hall–Kier alpha value is -0.630. The largest absolute Gasteiger partial charge is 0.294 e. The maximum Gasteiger partial charge on any atom is 0.160 e. The minimum atomic E-state index is 0.163. The van der Waals surface area contributed by atoms with Crippen molar-refractivity contribution in [1.82, 2.24) is 0 Å². The normalized spacial score (nSPS) is 9.80. The lowest BCUT2D eigenvalue weighted by molar-refractivity contribution is 0.101. The minimum absolute atomic E-state index is 0.163. The van der Waals surface area contributed by atoms with Crippen LogP contribution in [-0.2, 0) is 6.42 Å². The third kappa shape index (κ3) is 1.45. The first kappa shape index (κ1) is 7.48. The van der Waals surface area contributed by atoms with Crippen LogP contribution in [-0.4, -0.2) is 5.78 Å². The average Bonchev–Trinajstić information content (AvgIpc) is 2.34. The van der Waals surface area contributed by atoms with E-state index in [2.05, 4.69) is 6.92 Å². The summed E-state index contributed by atoms with van der Waals surface area (Å²) in [5.41, 5.74) is 0.849. The van der Waals surface area contributed by atoms with Gasteiger partial charge in [0.1, 0.15) is 0 Å². The zero-order chi connectivity index (χ0) is 7.56. The Morgan fingerprint density at radius 1 is 1.70 bits per heavy atom. The van der Waals surface area contributed by atoms with Crippen molar-refractivity contribution in [3.8, 4) is 0 Å². The molecule has 0 aromatic carbocycles. The highest BCUT2D eigenvalue weighted by atomic mass is 32.1. The number of thiophene rings is 1. The maximum atomic E-state index is 10.8. The van der Waals surface area contributed by atoms with Gasteiger partial charge in [-0.2, -0.15) is 0 Å². The van der Waals surface area contributed by atoms with Crippen LogP contribution in [0.15, 0.2) is 11.4 Å². The van der Waals surface area contributed by atoms with Crippen molar-refractivity contribution in [3.05, 3.63) is 21.9 Å². The fourth-order valence-corrected chi connectivity index (χ4v) is 1.62. The van der Waals surface area contributed by atoms with Gasteiger partial charge in [-0.25, -0.2) is 0 Å². The van der Waals surface area contributed by atoms with Gasteiger partial charge >= 0.3 is 0 Å². The van der Waals surface area contributed by atoms with Crippen LogP contribution >= 0.6 is 11.3 Å². The van der Waals surface area contributed by atoms with E-state index in [0.717, 1.165) is 12.0 Å². The molecular weight excluding hydrogens is 144 g/mol. The maximum absolute atomic E-state index is 10.8. The van der Waals surface area contributed by atoms with Crippen LogP contribution in [0.2, 0.25) is 0 Å². The van der Waals surface area contributed by atoms with E-state index >= 15 is 0 Å². The molecule has 0 aliphatic carbocycles. The lowest BCUT2D eigenvalue weighted by Gasteiger charge is -1.83. The summed E-state index contributed by atoms with van der Waals surface area (Å²) in [4.78, 5) is 12.1. The van der Waals surface area contributed by atoms with E-state index in [1.54, 1.807) is 18.3 Å². The number of aryl methyl sites for hydroxylation is 1. The molecule has 0 radical (unpaired) electrons. The van der Waals surface area contributed by atoms with Gasteiger partial charge in [0.15, 0.2) is 5.78 Å². The number of carbonyl (C=O) groups excluding carboxylic acids is 1. The average molecular weight is 154 g/mol. The van der Waals surface area contributed by atoms with Gasteiger partial charge in [-0.05, 0) is 19.4 Å². The molecule has 1 aromatic heterocycles. The summed E-state index contributed by atoms with van der Waals surface area (Å²) in [7, 11) is 0. The molecule has 1 rings (SSSR count). The first-order valence-electron chi connectivity index (χ1n) is 3.32. The Morgan fingerprint density at radius 2 is 2.40 bits per heavy atom. The van der Waals surface area contributed by atoms with Crippen LogP contribution in [0.4, 0.5) is 0 Å². The van der Waals surface area contributed by atoms with E-state index in [9.17, 15) is 4.79 Å². The fourth-order valence-electron chi connectivity index (χ4n) is 0.751. The Labute approximate surface area is 64.7 Å². The van der Waals surface area contributed by atoms with Crippen molar-refractivity contribution < 1.29 is 4.79 Å². The van der Waals surface area contributed by atoms with Crippen molar-refractivity contribution in [3.63, 3.8) is 0 Å². The quantitative estimate of drug-likeness (QED) is 0.598. The van der Waals surface area contributed by atoms with E-state index in [1.165, 1.54) is 4.88 Å². The van der Waals surface area contributed by atoms with Crippen LogP contribution < -0.4 is 0 Å². The molecule has 0 unspecified atom stereocenters. The summed E-state index contributed by atoms with van der Waals surface area (Å²) in [6, 6.07) is 1.97. The Bertz CT molecular complexity index is 237. The van der Waals surface area contributed by atoms with Crippen LogP contribution in [0.3, 0.4) is 0 Å². The highest BCUT2D eigenvalue weighted by molar-refractivity contribution is 7.10. The molecule has 0 amide bonds. The predicted octanol–water partition coefficient (Wildman–Crippen LogP) is 2.51. The molecule has 0 aliphatic heterocycles. The molecule has 1 heterocycles. The van der Waals surface area contributed by atoms with Gasteiger partial charge in [0, 0.05) is 15.8 Å². The smallest absolute Gasteiger partial charge is 0.160 e. The van der Waals surface area contributed by atoms with Crippen LogP contribution in [0.25, 0.3) is 0 Å². The molecule has 0 saturated heterocycles. The summed E-state index contributed by atoms with van der Waals surface area (Å²) in [6.07, 6.45) is 1.03. The van der Waals surface area contributed by atoms with Crippen LogP contribution in [0, 0.1) is 0 Å². The van der Waals surface area contributed by atoms with Crippen LogP contribution in [0.5, 0.6) is 0 Å². The topological polar surface area (TPSA) is 17.1 Å². The highest BCUT2D eigenvalue weighted by Crippen LogP contribution is 2.14. The zero-order valence-electron chi connectivity index (χ0n) is 6.18. The molecule has 10 heavy (non-hydrogen) atoms. The SMILES string of the molecule is CCc1cc(C(C)=O)cs1. The first-order chi connectivity index (χ1) is 4.74. The van der Waals surface area contributed by atoms with Gasteiger partial charge < -0.3 is 0 Å². The molecule has 1 aromatic rings. The lowest BCUT2D eigenvalue weighted by atomic mass is 10.2. The summed E-state index contributed by atoms with van der Waals surface area (Å²) in [5, 5.41) is 1.92. The molecule has 2 heteroatoms. The zero-order valence-corrected chi connectivity index (χ0v) is 6.99. The Morgan fingerprint density at radius 3 is 2.70 bits per heavy atom. The van der Waals surface area contributed by atoms with Gasteiger partial charge in [-0.3, -0.25) is 4.79 Å². The van der Waals surface area contributed by atoms with E-state index in [4.69, 9.17) is 0 Å². The first-order valence-corrected chi connectivity index (χ1v) is 4.20. The number of carbonyl (C=O) groups is 1. The summed E-state index contributed by atoms with van der Waals surface area (Å²) in [6.45, 7) is 3.69. The van der Waals surface area contributed by atoms with E-state index in [-0.39, 0.29) is 5.78 Å². The molecule has 0 spiro atoms. The lowest BCUT2D eigenvalue weighted by Crippen LogP contribution is -1.86. The molecule has 0 fully saturated rings. The van der Waals surface area contributed by atoms with E-state index in [1.807, 2.05) is 11.4 Å². The van der Waals surface area contributed by atoms with Crippen molar-refractivity contribution in [2.45, 2.75) is 20.3 Å². The third-order valence-electron chi connectivity index (χ3n) is 1.41. The van der Waals surface area contributed by atoms with E-state index in [0.29, 0.717) is 0 Å². The standard InChI is InChI=1S/C8H10OS/c1-3-8-4-7(5-10-8)6(2)9/h4-5H,3H2,1-2H3. The number of hydrogen-bond donors (Lipinski definition) is 0. The Kier molecular flexibility index (Phi) is 2.22. The van der Waals surface area contributed by atoms with Gasteiger partial charge in [0.2, 0.25) is 0 Å². The second-order valence-electron chi connectivity index (χ2n) is 2.21. The molecule has 0 N–H and O–H groups in total. The minimum Gasteiger partial charge on any atom is -0.294 e. The monoisotopic (exact) mass is 154 g/mol. The van der Waals surface area contributed by atoms with Gasteiger partial charge in [0.25, 0.3) is 0 Å². The molecule has 54 valence electrons. The Balaban J connectivity index is 2.88. The number of ketones is 1. The molecule has 0 bridgehead atoms. The number of Topliss-reactive ketones (excluding diaryl/α,β-unsaturated/α-hetero) is 1. The molecule has 1 nitrogen and oxygen atoms in total. The number of hydrogen-bond acceptors (Lipinski definition) is 2. The van der Waals surface area contributed by atoms with Crippen molar-refractivity contribution >= 4 is 17.1 Å². The number of rotatable bonds is 2. The molecule has 0 saturated carbocycles.